The summed E-state index contributed by atoms with van der Waals surface area (Å²) in [7, 11) is -3.18. The minimum absolute atomic E-state index is 0.277. The van der Waals surface area contributed by atoms with E-state index < -0.39 is 10.0 Å². The molecule has 0 radical (unpaired) electrons. The average Bonchev–Trinajstić information content (AvgIpc) is 3.64. The molecule has 1 aromatic carbocycles. The van der Waals surface area contributed by atoms with Gasteiger partial charge in [0, 0.05) is 24.5 Å². The summed E-state index contributed by atoms with van der Waals surface area (Å²) in [6.45, 7) is 2.92. The maximum absolute atomic E-state index is 12.1. The van der Waals surface area contributed by atoms with Crippen LogP contribution in [-0.4, -0.2) is 64.8 Å². The van der Waals surface area contributed by atoms with Crippen molar-refractivity contribution >= 4 is 38.8 Å². The Morgan fingerprint density at radius 1 is 1.14 bits per heavy atom. The van der Waals surface area contributed by atoms with Crippen molar-refractivity contribution in [1.82, 2.24) is 23.8 Å². The van der Waals surface area contributed by atoms with Crippen molar-refractivity contribution < 1.29 is 17.9 Å². The highest BCUT2D eigenvalue weighted by atomic mass is 32.2. The largest absolute Gasteiger partial charge is 0.486 e. The lowest BCUT2D eigenvalue weighted by molar-refractivity contribution is 0.171. The lowest BCUT2D eigenvalue weighted by Crippen LogP contribution is -2.39. The Morgan fingerprint density at radius 3 is 2.67 bits per heavy atom. The maximum Gasteiger partial charge on any atom is 0.211 e. The summed E-state index contributed by atoms with van der Waals surface area (Å²) in [6.07, 6.45) is 7.80. The number of nitrogens with two attached hydrogens (primary N) is 1. The highest BCUT2D eigenvalue weighted by Crippen LogP contribution is 2.49. The first-order valence-electron chi connectivity index (χ1n) is 12.4. The molecule has 4 heterocycles. The maximum atomic E-state index is 12.1. The predicted octanol–water partition coefficient (Wildman–Crippen LogP) is 3.27. The van der Waals surface area contributed by atoms with Gasteiger partial charge >= 0.3 is 0 Å². The first kappa shape index (κ1) is 23.8. The Morgan fingerprint density at radius 2 is 1.92 bits per heavy atom. The number of rotatable bonds is 7. The number of piperidine rings is 1. The average molecular weight is 531 g/mol. The van der Waals surface area contributed by atoms with E-state index in [2.05, 4.69) is 26.7 Å². The number of sulfonamides is 1. The highest BCUT2D eigenvalue weighted by molar-refractivity contribution is 7.99. The number of aryl methyl sites for hydroxylation is 1. The van der Waals surface area contributed by atoms with Gasteiger partial charge in [-0.3, -0.25) is 0 Å². The standard InChI is InChI=1S/C24H30N6O4S2/c1-36(31,32)29-7-2-3-15(13-29)6-8-30-23-21(22(25)26-14-27-23)28-24(30)35-20-12-19-18(33-9-10-34-19)11-17(20)16-4-5-16/h11-12,14-16H,2-10,13H2,1H3,(H2,25,26,27). The van der Waals surface area contributed by atoms with Crippen molar-refractivity contribution in [3.8, 4) is 11.5 Å². The van der Waals surface area contributed by atoms with Crippen LogP contribution in [0.5, 0.6) is 11.5 Å². The van der Waals surface area contributed by atoms with E-state index in [1.165, 1.54) is 31.0 Å². The molecule has 3 aromatic rings. The normalized spacial score (nSPS) is 20.6. The number of nitrogen functional groups attached to an aromatic ring is 1. The van der Waals surface area contributed by atoms with E-state index in [1.54, 1.807) is 16.1 Å². The number of nitrogens with zero attached hydrogens (tertiary/aromatic N) is 5. The molecule has 12 heteroatoms. The van der Waals surface area contributed by atoms with Gasteiger partial charge in [0.25, 0.3) is 0 Å². The number of aromatic nitrogens is 4. The van der Waals surface area contributed by atoms with Crippen molar-refractivity contribution in [1.29, 1.82) is 0 Å². The smallest absolute Gasteiger partial charge is 0.211 e. The monoisotopic (exact) mass is 530 g/mol. The summed E-state index contributed by atoms with van der Waals surface area (Å²) in [5.41, 5.74) is 8.72. The molecule has 1 aliphatic carbocycles. The molecule has 192 valence electrons. The second-order valence-electron chi connectivity index (χ2n) is 9.81. The van der Waals surface area contributed by atoms with Crippen LogP contribution in [0.15, 0.2) is 28.5 Å². The van der Waals surface area contributed by atoms with Gasteiger partial charge in [-0.1, -0.05) is 11.8 Å². The van der Waals surface area contributed by atoms with E-state index in [0.717, 1.165) is 40.8 Å². The predicted molar refractivity (Wildman–Crippen MR) is 137 cm³/mol. The first-order valence-corrected chi connectivity index (χ1v) is 15.1. The van der Waals surface area contributed by atoms with Gasteiger partial charge in [0.15, 0.2) is 33.6 Å². The summed E-state index contributed by atoms with van der Waals surface area (Å²) >= 11 is 1.59. The summed E-state index contributed by atoms with van der Waals surface area (Å²) in [5, 5.41) is 0.798. The van der Waals surface area contributed by atoms with Crippen LogP contribution in [0.3, 0.4) is 0 Å². The molecule has 36 heavy (non-hydrogen) atoms. The fourth-order valence-electron chi connectivity index (χ4n) is 5.07. The summed E-state index contributed by atoms with van der Waals surface area (Å²) < 4.78 is 39.6. The Labute approximate surface area is 214 Å². The SMILES string of the molecule is CS(=O)(=O)N1CCCC(CCn2c(Sc3cc4c(cc3C3CC3)OCCO4)nc3c(N)ncnc32)C1. The molecule has 2 aliphatic heterocycles. The van der Waals surface area contributed by atoms with E-state index >= 15 is 0 Å². The van der Waals surface area contributed by atoms with Crippen molar-refractivity contribution in [2.24, 2.45) is 5.92 Å². The van der Waals surface area contributed by atoms with E-state index in [1.807, 2.05) is 0 Å². The number of ether oxygens (including phenoxy) is 2. The van der Waals surface area contributed by atoms with Crippen LogP contribution in [0.1, 0.15) is 43.6 Å². The Bertz CT molecular complexity index is 1410. The van der Waals surface area contributed by atoms with Crippen LogP contribution in [0.2, 0.25) is 0 Å². The lowest BCUT2D eigenvalue weighted by atomic mass is 9.96. The van der Waals surface area contributed by atoms with E-state index in [9.17, 15) is 8.42 Å². The summed E-state index contributed by atoms with van der Waals surface area (Å²) in [4.78, 5) is 14.6. The van der Waals surface area contributed by atoms with Gasteiger partial charge in [-0.25, -0.2) is 27.7 Å². The molecule has 1 saturated heterocycles. The number of anilines is 1. The van der Waals surface area contributed by atoms with Crippen LogP contribution < -0.4 is 15.2 Å². The first-order chi connectivity index (χ1) is 17.4. The molecule has 6 rings (SSSR count). The molecule has 1 unspecified atom stereocenters. The zero-order chi connectivity index (χ0) is 24.9. The van der Waals surface area contributed by atoms with Crippen LogP contribution in [0.4, 0.5) is 5.82 Å². The minimum Gasteiger partial charge on any atom is -0.486 e. The third-order valence-corrected chi connectivity index (χ3v) is 9.47. The van der Waals surface area contributed by atoms with Crippen LogP contribution in [0.25, 0.3) is 11.2 Å². The molecule has 1 atom stereocenters. The van der Waals surface area contributed by atoms with E-state index in [4.69, 9.17) is 20.2 Å². The molecule has 3 aliphatic rings. The Kier molecular flexibility index (Phi) is 6.21. The molecule has 0 bridgehead atoms. The van der Waals surface area contributed by atoms with Crippen molar-refractivity contribution in [2.45, 2.75) is 54.6 Å². The van der Waals surface area contributed by atoms with Crippen LogP contribution in [-0.2, 0) is 16.6 Å². The third-order valence-electron chi connectivity index (χ3n) is 7.13. The van der Waals surface area contributed by atoms with Crippen LogP contribution in [0, 0.1) is 5.92 Å². The van der Waals surface area contributed by atoms with Gasteiger partial charge < -0.3 is 19.8 Å². The Balaban J connectivity index is 1.32. The fourth-order valence-corrected chi connectivity index (χ4v) is 7.15. The number of imidazole rings is 1. The molecule has 1 saturated carbocycles. The Hall–Kier alpha value is -2.57. The molecule has 0 amide bonds. The van der Waals surface area contributed by atoms with Crippen LogP contribution >= 0.6 is 11.8 Å². The lowest BCUT2D eigenvalue weighted by Gasteiger charge is -2.31. The molecular formula is C24H30N6O4S2. The highest BCUT2D eigenvalue weighted by Gasteiger charge is 2.30. The molecule has 2 fully saturated rings. The van der Waals surface area contributed by atoms with Gasteiger partial charge in [0.2, 0.25) is 10.0 Å². The molecule has 2 N–H and O–H groups in total. The van der Waals surface area contributed by atoms with Gasteiger partial charge in [-0.15, -0.1) is 0 Å². The third kappa shape index (κ3) is 4.73. The molecular weight excluding hydrogens is 500 g/mol. The second kappa shape index (κ2) is 9.38. The molecule has 2 aromatic heterocycles. The second-order valence-corrected chi connectivity index (χ2v) is 12.8. The number of fused-ring (bicyclic) bond motifs is 2. The topological polar surface area (TPSA) is 125 Å². The van der Waals surface area contributed by atoms with Gasteiger partial charge in [0.05, 0.1) is 6.26 Å². The van der Waals surface area contributed by atoms with Crippen molar-refractivity contribution in [3.05, 3.63) is 24.0 Å². The molecule has 0 spiro atoms. The number of hydrogen-bond acceptors (Lipinski definition) is 9. The van der Waals surface area contributed by atoms with Gasteiger partial charge in [-0.2, -0.15) is 0 Å². The zero-order valence-corrected chi connectivity index (χ0v) is 21.9. The van der Waals surface area contributed by atoms with E-state index in [0.29, 0.717) is 55.7 Å². The summed E-state index contributed by atoms with van der Waals surface area (Å²) in [6, 6.07) is 4.19. The summed E-state index contributed by atoms with van der Waals surface area (Å²) in [5.74, 6) is 2.72. The number of benzene rings is 1. The van der Waals surface area contributed by atoms with Crippen molar-refractivity contribution in [2.75, 3.05) is 38.3 Å². The zero-order valence-electron chi connectivity index (χ0n) is 20.2. The quantitative estimate of drug-likeness (QED) is 0.490. The number of hydrogen-bond donors (Lipinski definition) is 1. The van der Waals surface area contributed by atoms with E-state index in [-0.39, 0.29) is 5.92 Å². The fraction of sp³-hybridized carbons (Fsp3) is 0.542. The molecule has 10 nitrogen and oxygen atoms in total. The van der Waals surface area contributed by atoms with Gasteiger partial charge in [-0.05, 0) is 61.6 Å². The van der Waals surface area contributed by atoms with Crippen molar-refractivity contribution in [3.63, 3.8) is 0 Å². The minimum atomic E-state index is -3.18. The van der Waals surface area contributed by atoms with Gasteiger partial charge in [0.1, 0.15) is 19.5 Å².